The number of carbonyl (C=O) groups excluding carboxylic acids is 1. The summed E-state index contributed by atoms with van der Waals surface area (Å²) in [5.74, 6) is 0.876. The van der Waals surface area contributed by atoms with Crippen molar-refractivity contribution < 1.29 is 14.3 Å². The van der Waals surface area contributed by atoms with Crippen LogP contribution in [0.5, 0.6) is 11.5 Å². The van der Waals surface area contributed by atoms with Gasteiger partial charge in [0.25, 0.3) is 5.91 Å². The van der Waals surface area contributed by atoms with Gasteiger partial charge in [-0.05, 0) is 61.9 Å². The predicted octanol–water partition coefficient (Wildman–Crippen LogP) is 6.96. The molecule has 0 aliphatic carbocycles. The average Bonchev–Trinajstić information content (AvgIpc) is 3.33. The first-order valence-corrected chi connectivity index (χ1v) is 12.5. The molecule has 0 aliphatic heterocycles. The minimum Gasteiger partial charge on any atom is -0.494 e. The first-order valence-electron chi connectivity index (χ1n) is 11.8. The number of hydrogen-bond acceptors (Lipinski definition) is 4. The first-order chi connectivity index (χ1) is 17.5. The zero-order valence-electron chi connectivity index (χ0n) is 20.1. The number of halogens is 2. The SMILES string of the molecule is CCCOc1ccc(-c2nn(-c3ccccc3)cc2CNC(=O)c2cc(Cl)c(OCC)c(Cl)c2)cc1. The molecular formula is C28H27Cl2N3O3. The van der Waals surface area contributed by atoms with Crippen molar-refractivity contribution in [1.29, 1.82) is 0 Å². The summed E-state index contributed by atoms with van der Waals surface area (Å²) in [4.78, 5) is 12.9. The number of carbonyl (C=O) groups is 1. The monoisotopic (exact) mass is 523 g/mol. The summed E-state index contributed by atoms with van der Waals surface area (Å²) in [6, 6.07) is 20.7. The van der Waals surface area contributed by atoms with Gasteiger partial charge in [-0.1, -0.05) is 48.3 Å². The van der Waals surface area contributed by atoms with Crippen molar-refractivity contribution >= 4 is 29.1 Å². The second-order valence-corrected chi connectivity index (χ2v) is 8.86. The van der Waals surface area contributed by atoms with Gasteiger partial charge in [0.15, 0.2) is 5.75 Å². The molecule has 0 saturated heterocycles. The zero-order valence-corrected chi connectivity index (χ0v) is 21.6. The van der Waals surface area contributed by atoms with Gasteiger partial charge >= 0.3 is 0 Å². The maximum Gasteiger partial charge on any atom is 0.251 e. The zero-order chi connectivity index (χ0) is 25.5. The Morgan fingerprint density at radius 1 is 0.972 bits per heavy atom. The lowest BCUT2D eigenvalue weighted by Crippen LogP contribution is -2.23. The summed E-state index contributed by atoms with van der Waals surface area (Å²) in [5.41, 5.74) is 3.82. The van der Waals surface area contributed by atoms with Gasteiger partial charge in [0.1, 0.15) is 5.75 Å². The van der Waals surface area contributed by atoms with E-state index in [0.29, 0.717) is 24.5 Å². The van der Waals surface area contributed by atoms with E-state index in [4.69, 9.17) is 37.8 Å². The Bertz CT molecular complexity index is 1300. The van der Waals surface area contributed by atoms with E-state index in [1.54, 1.807) is 12.1 Å². The molecule has 6 nitrogen and oxygen atoms in total. The number of aromatic nitrogens is 2. The van der Waals surface area contributed by atoms with Crippen LogP contribution in [0.15, 0.2) is 72.9 Å². The van der Waals surface area contributed by atoms with Crippen molar-refractivity contribution in [3.8, 4) is 28.4 Å². The van der Waals surface area contributed by atoms with Gasteiger partial charge in [0.2, 0.25) is 0 Å². The Kier molecular flexibility index (Phi) is 8.52. The highest BCUT2D eigenvalue weighted by Gasteiger charge is 2.17. The van der Waals surface area contributed by atoms with Crippen LogP contribution in [0.2, 0.25) is 10.0 Å². The number of ether oxygens (including phenoxy) is 2. The second kappa shape index (κ2) is 12.0. The van der Waals surface area contributed by atoms with Crippen molar-refractivity contribution in [2.75, 3.05) is 13.2 Å². The summed E-state index contributed by atoms with van der Waals surface area (Å²) in [6.07, 6.45) is 2.86. The van der Waals surface area contributed by atoms with Gasteiger partial charge in [-0.15, -0.1) is 0 Å². The Morgan fingerprint density at radius 3 is 2.31 bits per heavy atom. The fourth-order valence-electron chi connectivity index (χ4n) is 3.67. The number of nitrogens with one attached hydrogen (secondary N) is 1. The van der Waals surface area contributed by atoms with Crippen LogP contribution in [0.25, 0.3) is 16.9 Å². The number of rotatable bonds is 10. The van der Waals surface area contributed by atoms with Crippen LogP contribution in [0.3, 0.4) is 0 Å². The van der Waals surface area contributed by atoms with Crippen molar-refractivity contribution in [3.05, 3.63) is 94.1 Å². The van der Waals surface area contributed by atoms with Crippen LogP contribution in [0.4, 0.5) is 0 Å². The van der Waals surface area contributed by atoms with Gasteiger partial charge in [0, 0.05) is 29.4 Å². The van der Waals surface area contributed by atoms with Gasteiger partial charge < -0.3 is 14.8 Å². The summed E-state index contributed by atoms with van der Waals surface area (Å²) in [5, 5.41) is 8.36. The largest absolute Gasteiger partial charge is 0.494 e. The van der Waals surface area contributed by atoms with Crippen molar-refractivity contribution in [2.45, 2.75) is 26.8 Å². The normalized spacial score (nSPS) is 10.8. The summed E-state index contributed by atoms with van der Waals surface area (Å²) < 4.78 is 13.0. The van der Waals surface area contributed by atoms with Gasteiger partial charge in [-0.2, -0.15) is 5.10 Å². The highest BCUT2D eigenvalue weighted by atomic mass is 35.5. The molecule has 0 saturated carbocycles. The first kappa shape index (κ1) is 25.6. The van der Waals surface area contributed by atoms with Crippen LogP contribution in [-0.4, -0.2) is 28.9 Å². The third-order valence-electron chi connectivity index (χ3n) is 5.40. The molecule has 1 amide bonds. The molecule has 0 fully saturated rings. The van der Waals surface area contributed by atoms with E-state index in [-0.39, 0.29) is 22.5 Å². The van der Waals surface area contributed by atoms with Crippen LogP contribution in [0.1, 0.15) is 36.2 Å². The molecule has 1 aromatic heterocycles. The van der Waals surface area contributed by atoms with Gasteiger partial charge in [-0.3, -0.25) is 4.79 Å². The number of amides is 1. The smallest absolute Gasteiger partial charge is 0.251 e. The molecule has 1 N–H and O–H groups in total. The van der Waals surface area contributed by atoms with Crippen LogP contribution in [-0.2, 0) is 6.54 Å². The van der Waals surface area contributed by atoms with Crippen LogP contribution >= 0.6 is 23.2 Å². The molecule has 4 aromatic rings. The number of para-hydroxylation sites is 1. The number of benzene rings is 3. The van der Waals surface area contributed by atoms with Crippen LogP contribution < -0.4 is 14.8 Å². The minimum atomic E-state index is -0.302. The van der Waals surface area contributed by atoms with Crippen molar-refractivity contribution in [2.24, 2.45) is 0 Å². The molecule has 0 aliphatic rings. The molecule has 0 spiro atoms. The fraction of sp³-hybridized carbons (Fsp3) is 0.214. The van der Waals surface area contributed by atoms with E-state index in [0.717, 1.165) is 34.7 Å². The molecule has 0 bridgehead atoms. The van der Waals surface area contributed by atoms with E-state index < -0.39 is 0 Å². The highest BCUT2D eigenvalue weighted by molar-refractivity contribution is 6.37. The molecule has 186 valence electrons. The summed E-state index contributed by atoms with van der Waals surface area (Å²) in [7, 11) is 0. The van der Waals surface area contributed by atoms with E-state index in [1.807, 2.05) is 72.4 Å². The molecule has 8 heteroatoms. The van der Waals surface area contributed by atoms with E-state index >= 15 is 0 Å². The van der Waals surface area contributed by atoms with E-state index in [1.165, 1.54) is 0 Å². The summed E-state index contributed by atoms with van der Waals surface area (Å²) >= 11 is 12.6. The molecule has 3 aromatic carbocycles. The van der Waals surface area contributed by atoms with Crippen molar-refractivity contribution in [3.63, 3.8) is 0 Å². The Labute approximate surface area is 220 Å². The van der Waals surface area contributed by atoms with Gasteiger partial charge in [0.05, 0.1) is 34.6 Å². The number of nitrogens with zero attached hydrogens (tertiary/aromatic N) is 2. The molecule has 0 atom stereocenters. The van der Waals surface area contributed by atoms with Crippen molar-refractivity contribution in [1.82, 2.24) is 15.1 Å². The molecule has 0 radical (unpaired) electrons. The average molecular weight is 524 g/mol. The fourth-order valence-corrected chi connectivity index (χ4v) is 4.27. The Morgan fingerprint density at radius 2 is 1.67 bits per heavy atom. The Hall–Kier alpha value is -3.48. The van der Waals surface area contributed by atoms with E-state index in [2.05, 4.69) is 12.2 Å². The molecule has 36 heavy (non-hydrogen) atoms. The highest BCUT2D eigenvalue weighted by Crippen LogP contribution is 2.34. The third-order valence-corrected chi connectivity index (χ3v) is 5.96. The Balaban J connectivity index is 1.59. The maximum atomic E-state index is 12.9. The molecule has 0 unspecified atom stereocenters. The topological polar surface area (TPSA) is 65.4 Å². The van der Waals surface area contributed by atoms with E-state index in [9.17, 15) is 4.79 Å². The maximum absolute atomic E-state index is 12.9. The minimum absolute atomic E-state index is 0.261. The predicted molar refractivity (Wildman–Crippen MR) is 144 cm³/mol. The molecular weight excluding hydrogens is 497 g/mol. The summed E-state index contributed by atoms with van der Waals surface area (Å²) in [6.45, 7) is 5.26. The lowest BCUT2D eigenvalue weighted by molar-refractivity contribution is 0.0951. The standard InChI is InChI=1S/C28H27Cl2N3O3/c1-3-14-36-23-12-10-19(11-13-23)26-21(18-33(32-26)22-8-6-5-7-9-22)17-31-28(34)20-15-24(29)27(35-4-2)25(30)16-20/h5-13,15-16,18H,3-4,14,17H2,1-2H3,(H,31,34). The quantitative estimate of drug-likeness (QED) is 0.244. The molecule has 1 heterocycles. The third kappa shape index (κ3) is 6.01. The number of hydrogen-bond donors (Lipinski definition) is 1. The lowest BCUT2D eigenvalue weighted by Gasteiger charge is -2.11. The lowest BCUT2D eigenvalue weighted by atomic mass is 10.1. The van der Waals surface area contributed by atoms with Gasteiger partial charge in [-0.25, -0.2) is 4.68 Å². The second-order valence-electron chi connectivity index (χ2n) is 8.04. The van der Waals surface area contributed by atoms with Crippen LogP contribution in [0, 0.1) is 0 Å². The molecule has 4 rings (SSSR count).